The molecule has 5 rings (SSSR count). The van der Waals surface area contributed by atoms with Gasteiger partial charge in [-0.05, 0) is 63.1 Å². The van der Waals surface area contributed by atoms with Gasteiger partial charge in [-0.2, -0.15) is 0 Å². The molecule has 0 radical (unpaired) electrons. The van der Waals surface area contributed by atoms with Crippen molar-refractivity contribution in [3.8, 4) is 11.5 Å². The smallest absolute Gasteiger partial charge is 0.251 e. The van der Waals surface area contributed by atoms with Crippen molar-refractivity contribution >= 4 is 23.1 Å². The van der Waals surface area contributed by atoms with Crippen LogP contribution in [-0.2, 0) is 16.2 Å². The molecule has 0 fully saturated rings. The molecule has 0 unspecified atom stereocenters. The van der Waals surface area contributed by atoms with Gasteiger partial charge in [0.25, 0.3) is 6.71 Å². The average molecular weight is 422 g/mol. The van der Waals surface area contributed by atoms with Gasteiger partial charge in [0.2, 0.25) is 0 Å². The normalized spacial score (nSPS) is 16.1. The maximum Gasteiger partial charge on any atom is 0.251 e. The molecule has 164 valence electrons. The third-order valence-electron chi connectivity index (χ3n) is 7.53. The van der Waals surface area contributed by atoms with Crippen LogP contribution >= 0.6 is 0 Å². The van der Waals surface area contributed by atoms with Crippen LogP contribution in [-0.4, -0.2) is 6.71 Å². The third-order valence-corrected chi connectivity index (χ3v) is 7.53. The molecule has 0 saturated carbocycles. The summed E-state index contributed by atoms with van der Waals surface area (Å²) in [6.07, 6.45) is 0. The fourth-order valence-corrected chi connectivity index (χ4v) is 5.80. The van der Waals surface area contributed by atoms with Crippen molar-refractivity contribution in [1.82, 2.24) is 0 Å². The molecule has 3 aromatic carbocycles. The third kappa shape index (κ3) is 2.99. The van der Waals surface area contributed by atoms with E-state index in [1.54, 1.807) is 0 Å². The zero-order valence-corrected chi connectivity index (χ0v) is 21.1. The van der Waals surface area contributed by atoms with Crippen LogP contribution in [0.3, 0.4) is 0 Å². The summed E-state index contributed by atoms with van der Waals surface area (Å²) in [7, 11) is 0. The Kier molecular flexibility index (Phi) is 4.36. The fourth-order valence-electron chi connectivity index (χ4n) is 5.80. The molecule has 2 aliphatic heterocycles. The lowest BCUT2D eigenvalue weighted by Crippen LogP contribution is -2.63. The van der Waals surface area contributed by atoms with Crippen LogP contribution in [0.5, 0.6) is 11.5 Å². The maximum atomic E-state index is 6.59. The topological polar surface area (TPSA) is 9.23 Å². The van der Waals surface area contributed by atoms with Crippen LogP contribution in [0.15, 0.2) is 48.5 Å². The molecule has 0 aliphatic carbocycles. The standard InChI is InChI=1S/C30H35BO/c1-18-10-13-22-21(16-18)30(8,9)26-20(29(5,6)7)12-15-25-27(26)31(22)23-17-19(28(2,3)4)11-14-24(23)32-25/h10-17H,1-9H3. The van der Waals surface area contributed by atoms with Gasteiger partial charge in [0, 0.05) is 5.41 Å². The highest BCUT2D eigenvalue weighted by Gasteiger charge is 2.47. The predicted octanol–water partition coefficient (Wildman–Crippen LogP) is 5.85. The quantitative estimate of drug-likeness (QED) is 0.323. The summed E-state index contributed by atoms with van der Waals surface area (Å²) in [4.78, 5) is 0. The van der Waals surface area contributed by atoms with Crippen molar-refractivity contribution in [3.05, 3.63) is 76.3 Å². The highest BCUT2D eigenvalue weighted by atomic mass is 16.5. The van der Waals surface area contributed by atoms with Gasteiger partial charge in [0.05, 0.1) is 0 Å². The van der Waals surface area contributed by atoms with Crippen molar-refractivity contribution < 1.29 is 4.74 Å². The molecule has 2 aliphatic rings. The summed E-state index contributed by atoms with van der Waals surface area (Å²) in [5.41, 5.74) is 11.2. The van der Waals surface area contributed by atoms with Crippen LogP contribution in [0.25, 0.3) is 0 Å². The van der Waals surface area contributed by atoms with Crippen molar-refractivity contribution in [2.45, 2.75) is 78.6 Å². The summed E-state index contributed by atoms with van der Waals surface area (Å²) in [5, 5.41) is 0. The summed E-state index contributed by atoms with van der Waals surface area (Å²) in [5.74, 6) is 2.02. The number of hydrogen-bond donors (Lipinski definition) is 0. The van der Waals surface area contributed by atoms with E-state index in [1.165, 1.54) is 44.2 Å². The Labute approximate surface area is 194 Å². The van der Waals surface area contributed by atoms with E-state index in [0.29, 0.717) is 0 Å². The second-order valence-corrected chi connectivity index (χ2v) is 12.4. The van der Waals surface area contributed by atoms with E-state index in [0.717, 1.165) is 11.5 Å². The molecule has 0 atom stereocenters. The minimum atomic E-state index is -0.0890. The van der Waals surface area contributed by atoms with Crippen molar-refractivity contribution in [2.24, 2.45) is 0 Å². The maximum absolute atomic E-state index is 6.59. The highest BCUT2D eigenvalue weighted by Crippen LogP contribution is 2.43. The van der Waals surface area contributed by atoms with E-state index < -0.39 is 0 Å². The van der Waals surface area contributed by atoms with Gasteiger partial charge in [0.15, 0.2) is 0 Å². The minimum absolute atomic E-state index is 0.0566. The Morgan fingerprint density at radius 2 is 1.44 bits per heavy atom. The van der Waals surface area contributed by atoms with Gasteiger partial charge in [0.1, 0.15) is 11.5 Å². The number of fused-ring (bicyclic) bond motifs is 4. The molecule has 2 heteroatoms. The van der Waals surface area contributed by atoms with Gasteiger partial charge in [-0.3, -0.25) is 0 Å². The number of rotatable bonds is 0. The second kappa shape index (κ2) is 6.53. The molecule has 2 heterocycles. The SMILES string of the molecule is Cc1ccc2c(c1)C(C)(C)c1c(C(C)(C)C)ccc3c1B2c1cc(C(C)(C)C)ccc1O3. The van der Waals surface area contributed by atoms with E-state index in [4.69, 9.17) is 4.74 Å². The van der Waals surface area contributed by atoms with E-state index >= 15 is 0 Å². The Morgan fingerprint density at radius 3 is 2.09 bits per heavy atom. The van der Waals surface area contributed by atoms with Gasteiger partial charge in [-0.25, -0.2) is 0 Å². The zero-order valence-electron chi connectivity index (χ0n) is 21.1. The first-order chi connectivity index (χ1) is 14.8. The number of hydrogen-bond acceptors (Lipinski definition) is 1. The number of ether oxygens (including phenoxy) is 1. The fraction of sp³-hybridized carbons (Fsp3) is 0.400. The number of aryl methyl sites for hydroxylation is 1. The molecular formula is C30H35BO. The molecule has 0 saturated heterocycles. The minimum Gasteiger partial charge on any atom is -0.458 e. The van der Waals surface area contributed by atoms with Gasteiger partial charge in [-0.15, -0.1) is 0 Å². The van der Waals surface area contributed by atoms with E-state index in [-0.39, 0.29) is 23.0 Å². The summed E-state index contributed by atoms with van der Waals surface area (Å²) < 4.78 is 6.59. The van der Waals surface area contributed by atoms with Crippen LogP contribution in [0.4, 0.5) is 0 Å². The molecule has 0 bridgehead atoms. The molecule has 1 nitrogen and oxygen atoms in total. The molecule has 0 spiro atoms. The summed E-state index contributed by atoms with van der Waals surface area (Å²) >= 11 is 0. The van der Waals surface area contributed by atoms with E-state index in [1.807, 2.05) is 0 Å². The molecule has 3 aromatic rings. The molecule has 0 amide bonds. The van der Waals surface area contributed by atoms with Crippen molar-refractivity contribution in [1.29, 1.82) is 0 Å². The van der Waals surface area contributed by atoms with Gasteiger partial charge in [-0.1, -0.05) is 103 Å². The largest absolute Gasteiger partial charge is 0.458 e. The lowest BCUT2D eigenvalue weighted by molar-refractivity contribution is 0.479. The molecule has 32 heavy (non-hydrogen) atoms. The first-order valence-electron chi connectivity index (χ1n) is 11.9. The van der Waals surface area contributed by atoms with Crippen molar-refractivity contribution in [3.63, 3.8) is 0 Å². The van der Waals surface area contributed by atoms with Gasteiger partial charge >= 0.3 is 0 Å². The van der Waals surface area contributed by atoms with Crippen LogP contribution < -0.4 is 21.1 Å². The van der Waals surface area contributed by atoms with E-state index in [2.05, 4.69) is 111 Å². The van der Waals surface area contributed by atoms with Crippen LogP contribution in [0.1, 0.15) is 83.2 Å². The second-order valence-electron chi connectivity index (χ2n) is 12.4. The monoisotopic (exact) mass is 422 g/mol. The lowest BCUT2D eigenvalue weighted by Gasteiger charge is -2.45. The molecule has 0 aromatic heterocycles. The zero-order chi connectivity index (χ0) is 23.2. The lowest BCUT2D eigenvalue weighted by atomic mass is 9.30. The Bertz CT molecular complexity index is 1250. The summed E-state index contributed by atoms with van der Waals surface area (Å²) in [6.45, 7) is 21.1. The van der Waals surface area contributed by atoms with Crippen LogP contribution in [0.2, 0.25) is 0 Å². The first-order valence-corrected chi connectivity index (χ1v) is 11.9. The Hall–Kier alpha value is -2.48. The molecule has 0 N–H and O–H groups in total. The van der Waals surface area contributed by atoms with Gasteiger partial charge < -0.3 is 4.74 Å². The number of benzene rings is 3. The Morgan fingerprint density at radius 1 is 0.750 bits per heavy atom. The first kappa shape index (κ1) is 21.4. The summed E-state index contributed by atoms with van der Waals surface area (Å²) in [6, 6.07) is 18.4. The van der Waals surface area contributed by atoms with Crippen LogP contribution in [0, 0.1) is 6.92 Å². The predicted molar refractivity (Wildman–Crippen MR) is 138 cm³/mol. The highest BCUT2D eigenvalue weighted by molar-refractivity contribution is 6.98. The Balaban J connectivity index is 1.91. The van der Waals surface area contributed by atoms with E-state index in [9.17, 15) is 0 Å². The average Bonchev–Trinajstić information content (AvgIpc) is 2.68. The van der Waals surface area contributed by atoms with Crippen molar-refractivity contribution in [2.75, 3.05) is 0 Å². The molecular weight excluding hydrogens is 387 g/mol.